The van der Waals surface area contributed by atoms with Crippen LogP contribution in [0.3, 0.4) is 0 Å². The average Bonchev–Trinajstić information content (AvgIpc) is 2.46. The summed E-state index contributed by atoms with van der Waals surface area (Å²) in [6.45, 7) is 5.57. The van der Waals surface area contributed by atoms with Crippen LogP contribution in [-0.4, -0.2) is 20.8 Å². The Morgan fingerprint density at radius 3 is 2.32 bits per heavy atom. The predicted molar refractivity (Wildman–Crippen MR) is 78.2 cm³/mol. The van der Waals surface area contributed by atoms with Gasteiger partial charge >= 0.3 is 0 Å². The molecule has 0 radical (unpaired) electrons. The number of ether oxygens (including phenoxy) is 2. The Hall–Kier alpha value is -1.22. The molecule has 0 amide bonds. The highest BCUT2D eigenvalue weighted by Gasteiger charge is 2.21. The third kappa shape index (κ3) is 3.03. The van der Waals surface area contributed by atoms with E-state index in [0.717, 1.165) is 18.0 Å². The van der Waals surface area contributed by atoms with Crippen molar-refractivity contribution < 1.29 is 9.47 Å². The van der Waals surface area contributed by atoms with Gasteiger partial charge in [0.2, 0.25) is 0 Å². The molecular formula is C16H25NO2. The number of methoxy groups -OCH3 is 2. The van der Waals surface area contributed by atoms with Crippen molar-refractivity contribution in [3.05, 3.63) is 23.3 Å². The van der Waals surface area contributed by atoms with Gasteiger partial charge in [0.1, 0.15) is 0 Å². The quantitative estimate of drug-likeness (QED) is 0.899. The molecule has 1 heterocycles. The van der Waals surface area contributed by atoms with E-state index in [1.807, 2.05) is 0 Å². The summed E-state index contributed by atoms with van der Waals surface area (Å²) >= 11 is 0. The molecule has 0 saturated carbocycles. The summed E-state index contributed by atoms with van der Waals surface area (Å²) in [5, 5.41) is 3.62. The molecule has 106 valence electrons. The molecule has 3 nitrogen and oxygen atoms in total. The van der Waals surface area contributed by atoms with E-state index in [9.17, 15) is 0 Å². The lowest BCUT2D eigenvalue weighted by Crippen LogP contribution is -2.27. The normalized spacial score (nSPS) is 19.5. The lowest BCUT2D eigenvalue weighted by atomic mass is 9.88. The maximum atomic E-state index is 5.45. The van der Waals surface area contributed by atoms with Crippen molar-refractivity contribution in [3.8, 4) is 11.5 Å². The number of piperidine rings is 1. The first-order valence-corrected chi connectivity index (χ1v) is 7.16. The topological polar surface area (TPSA) is 30.5 Å². The lowest BCUT2D eigenvalue weighted by molar-refractivity contribution is 0.351. The Morgan fingerprint density at radius 2 is 1.79 bits per heavy atom. The molecule has 19 heavy (non-hydrogen) atoms. The molecule has 0 aliphatic carbocycles. The molecule has 1 aliphatic heterocycles. The average molecular weight is 263 g/mol. The van der Waals surface area contributed by atoms with Gasteiger partial charge in [0.05, 0.1) is 14.2 Å². The van der Waals surface area contributed by atoms with Crippen LogP contribution in [0.25, 0.3) is 0 Å². The van der Waals surface area contributed by atoms with E-state index in [1.165, 1.54) is 30.4 Å². The first-order chi connectivity index (χ1) is 9.17. The Labute approximate surface area is 116 Å². The summed E-state index contributed by atoms with van der Waals surface area (Å²) in [5.74, 6) is 2.14. The van der Waals surface area contributed by atoms with E-state index in [1.54, 1.807) is 14.2 Å². The number of nitrogens with one attached hydrogen (secondary N) is 1. The van der Waals surface area contributed by atoms with Gasteiger partial charge in [0, 0.05) is 6.04 Å². The molecule has 2 rings (SSSR count). The van der Waals surface area contributed by atoms with Crippen LogP contribution in [0.15, 0.2) is 12.1 Å². The third-order valence-corrected chi connectivity index (χ3v) is 3.90. The Kier molecular flexibility index (Phi) is 4.70. The van der Waals surface area contributed by atoms with Crippen molar-refractivity contribution in [1.29, 1.82) is 0 Å². The molecule has 0 bridgehead atoms. The van der Waals surface area contributed by atoms with Crippen molar-refractivity contribution >= 4 is 0 Å². The summed E-state index contributed by atoms with van der Waals surface area (Å²) in [4.78, 5) is 0. The van der Waals surface area contributed by atoms with E-state index in [2.05, 4.69) is 31.3 Å². The summed E-state index contributed by atoms with van der Waals surface area (Å²) in [6.07, 6.45) is 3.78. The second kappa shape index (κ2) is 6.29. The van der Waals surface area contributed by atoms with E-state index < -0.39 is 0 Å². The summed E-state index contributed by atoms with van der Waals surface area (Å²) < 4.78 is 10.9. The van der Waals surface area contributed by atoms with Crippen LogP contribution in [0.5, 0.6) is 11.5 Å². The molecule has 1 aromatic carbocycles. The predicted octanol–water partition coefficient (Wildman–Crippen LogP) is 3.64. The summed E-state index contributed by atoms with van der Waals surface area (Å²) in [6, 6.07) is 4.73. The zero-order chi connectivity index (χ0) is 13.8. The SMILES string of the molecule is COc1cc(C(C)C)c(C2CCCCN2)cc1OC. The number of hydrogen-bond acceptors (Lipinski definition) is 3. The standard InChI is InChI=1S/C16H25NO2/c1-11(2)12-9-15(18-3)16(19-4)10-13(12)14-7-5-6-8-17-14/h9-11,14,17H,5-8H2,1-4H3. The molecule has 0 aromatic heterocycles. The zero-order valence-corrected chi connectivity index (χ0v) is 12.5. The highest BCUT2D eigenvalue weighted by Crippen LogP contribution is 2.38. The molecule has 0 spiro atoms. The van der Waals surface area contributed by atoms with E-state index in [-0.39, 0.29) is 0 Å². The van der Waals surface area contributed by atoms with Gasteiger partial charge in [-0.2, -0.15) is 0 Å². The fourth-order valence-corrected chi connectivity index (χ4v) is 2.83. The fraction of sp³-hybridized carbons (Fsp3) is 0.625. The monoisotopic (exact) mass is 263 g/mol. The largest absolute Gasteiger partial charge is 0.493 e. The van der Waals surface area contributed by atoms with Gasteiger partial charge in [-0.25, -0.2) is 0 Å². The zero-order valence-electron chi connectivity index (χ0n) is 12.5. The summed E-state index contributed by atoms with van der Waals surface area (Å²) in [5.41, 5.74) is 2.73. The molecule has 1 fully saturated rings. The molecule has 3 heteroatoms. The fourth-order valence-electron chi connectivity index (χ4n) is 2.83. The number of hydrogen-bond donors (Lipinski definition) is 1. The van der Waals surface area contributed by atoms with Crippen LogP contribution < -0.4 is 14.8 Å². The van der Waals surface area contributed by atoms with E-state index >= 15 is 0 Å². The van der Waals surface area contributed by atoms with Crippen molar-refractivity contribution in [2.24, 2.45) is 0 Å². The second-order valence-corrected chi connectivity index (χ2v) is 5.49. The van der Waals surface area contributed by atoms with Crippen LogP contribution in [0.1, 0.15) is 56.2 Å². The van der Waals surface area contributed by atoms with Crippen molar-refractivity contribution in [1.82, 2.24) is 5.32 Å². The highest BCUT2D eigenvalue weighted by molar-refractivity contribution is 5.49. The van der Waals surface area contributed by atoms with Gasteiger partial charge in [-0.05, 0) is 48.6 Å². The van der Waals surface area contributed by atoms with Crippen LogP contribution in [0.2, 0.25) is 0 Å². The van der Waals surface area contributed by atoms with Crippen LogP contribution >= 0.6 is 0 Å². The molecule has 1 aliphatic rings. The van der Waals surface area contributed by atoms with Crippen LogP contribution in [0, 0.1) is 0 Å². The maximum Gasteiger partial charge on any atom is 0.161 e. The van der Waals surface area contributed by atoms with Gasteiger partial charge in [-0.1, -0.05) is 20.3 Å². The Morgan fingerprint density at radius 1 is 1.11 bits per heavy atom. The van der Waals surface area contributed by atoms with Crippen LogP contribution in [0.4, 0.5) is 0 Å². The minimum Gasteiger partial charge on any atom is -0.493 e. The third-order valence-electron chi connectivity index (χ3n) is 3.90. The van der Waals surface area contributed by atoms with Gasteiger partial charge < -0.3 is 14.8 Å². The maximum absolute atomic E-state index is 5.45. The van der Waals surface area contributed by atoms with E-state index in [4.69, 9.17) is 9.47 Å². The summed E-state index contributed by atoms with van der Waals surface area (Å²) in [7, 11) is 3.39. The Balaban J connectivity index is 2.43. The molecule has 1 unspecified atom stereocenters. The number of rotatable bonds is 4. The van der Waals surface area contributed by atoms with Crippen molar-refractivity contribution in [3.63, 3.8) is 0 Å². The van der Waals surface area contributed by atoms with Gasteiger partial charge in [-0.3, -0.25) is 0 Å². The van der Waals surface area contributed by atoms with Gasteiger partial charge in [0.25, 0.3) is 0 Å². The molecule has 1 aromatic rings. The lowest BCUT2D eigenvalue weighted by Gasteiger charge is -2.28. The molecule has 1 atom stereocenters. The molecule has 1 N–H and O–H groups in total. The second-order valence-electron chi connectivity index (χ2n) is 5.49. The number of benzene rings is 1. The van der Waals surface area contributed by atoms with Gasteiger partial charge in [0.15, 0.2) is 11.5 Å². The Bertz CT molecular complexity index is 423. The minimum absolute atomic E-state index is 0.450. The smallest absolute Gasteiger partial charge is 0.161 e. The van der Waals surface area contributed by atoms with E-state index in [0.29, 0.717) is 12.0 Å². The minimum atomic E-state index is 0.450. The van der Waals surface area contributed by atoms with Gasteiger partial charge in [-0.15, -0.1) is 0 Å². The molecule has 1 saturated heterocycles. The highest BCUT2D eigenvalue weighted by atomic mass is 16.5. The van der Waals surface area contributed by atoms with Crippen molar-refractivity contribution in [2.75, 3.05) is 20.8 Å². The van der Waals surface area contributed by atoms with Crippen LogP contribution in [-0.2, 0) is 0 Å². The first kappa shape index (κ1) is 14.2. The molecular weight excluding hydrogens is 238 g/mol. The van der Waals surface area contributed by atoms with Crippen molar-refractivity contribution in [2.45, 2.75) is 45.1 Å². The first-order valence-electron chi connectivity index (χ1n) is 7.16.